The minimum atomic E-state index is -3.67. The molecule has 4 aliphatic rings. The van der Waals surface area contributed by atoms with Crippen LogP contribution in [0.2, 0.25) is 0 Å². The Hall–Kier alpha value is -0.910. The van der Waals surface area contributed by atoms with Crippen molar-refractivity contribution in [2.24, 2.45) is 46.8 Å². The minimum Gasteiger partial charge on any atom is -0.390 e. The summed E-state index contributed by atoms with van der Waals surface area (Å²) in [5, 5.41) is 10.7. The van der Waals surface area contributed by atoms with Crippen LogP contribution in [0.15, 0.2) is 29.2 Å². The number of rotatable bonds is 7. The number of aliphatic hydroxyl groups is 1. The molecule has 0 spiro atoms. The van der Waals surface area contributed by atoms with E-state index in [1.165, 1.54) is 44.9 Å². The zero-order valence-electron chi connectivity index (χ0n) is 22.9. The van der Waals surface area contributed by atoms with E-state index < -0.39 is 15.7 Å². The van der Waals surface area contributed by atoms with E-state index >= 15 is 0 Å². The number of hydrogen-bond acceptors (Lipinski definition) is 4. The van der Waals surface area contributed by atoms with Gasteiger partial charge >= 0.3 is 0 Å². The Morgan fingerprint density at radius 2 is 1.69 bits per heavy atom. The summed E-state index contributed by atoms with van der Waals surface area (Å²) in [4.78, 5) is 0.250. The monoisotopic (exact) mass is 516 g/mol. The van der Waals surface area contributed by atoms with Crippen molar-refractivity contribution in [1.29, 1.82) is 0 Å². The van der Waals surface area contributed by atoms with Crippen LogP contribution in [0, 0.1) is 53.8 Å². The van der Waals surface area contributed by atoms with Crippen molar-refractivity contribution in [2.75, 3.05) is 6.61 Å². The van der Waals surface area contributed by atoms with Crippen LogP contribution in [0.5, 0.6) is 0 Å². The van der Waals surface area contributed by atoms with Gasteiger partial charge in [0.15, 0.2) is 0 Å². The number of benzene rings is 1. The van der Waals surface area contributed by atoms with Crippen molar-refractivity contribution in [1.82, 2.24) is 0 Å². The third kappa shape index (κ3) is 5.06. The lowest BCUT2D eigenvalue weighted by Gasteiger charge is -2.57. The first-order chi connectivity index (χ1) is 17.0. The second kappa shape index (κ2) is 10.0. The zero-order chi connectivity index (χ0) is 25.7. The van der Waals surface area contributed by atoms with E-state index in [1.807, 2.05) is 19.1 Å². The summed E-state index contributed by atoms with van der Waals surface area (Å²) < 4.78 is 30.4. The van der Waals surface area contributed by atoms with Gasteiger partial charge in [0.25, 0.3) is 10.1 Å². The minimum absolute atomic E-state index is 0.250. The molecule has 0 aliphatic heterocycles. The van der Waals surface area contributed by atoms with Crippen LogP contribution in [0.1, 0.15) is 97.0 Å². The molecule has 0 heterocycles. The first-order valence-corrected chi connectivity index (χ1v) is 16.1. The lowest BCUT2D eigenvalue weighted by molar-refractivity contribution is -0.103. The Morgan fingerprint density at radius 1 is 0.972 bits per heavy atom. The number of fused-ring (bicyclic) bond motifs is 5. The van der Waals surface area contributed by atoms with Crippen molar-refractivity contribution >= 4 is 10.1 Å². The van der Waals surface area contributed by atoms with Gasteiger partial charge in [0.05, 0.1) is 17.1 Å². The Labute approximate surface area is 219 Å². The van der Waals surface area contributed by atoms with Crippen LogP contribution in [-0.2, 0) is 14.3 Å². The van der Waals surface area contributed by atoms with Crippen molar-refractivity contribution < 1.29 is 17.7 Å². The molecule has 1 N–H and O–H groups in total. The fourth-order valence-electron chi connectivity index (χ4n) is 9.60. The summed E-state index contributed by atoms with van der Waals surface area (Å²) in [5.41, 5.74) is 1.04. The molecule has 1 aromatic rings. The SMILES string of the molecule is Cc1ccc(S(=O)(=O)OCCCC(C)[C@H]2CC[C@H]3[C@@H]4CC[C@@H]5C[C@](C)(O)CC[C@@H]5[C@H]4CC[C@]23C)cc1. The highest BCUT2D eigenvalue weighted by Crippen LogP contribution is 2.65. The quantitative estimate of drug-likeness (QED) is 0.309. The summed E-state index contributed by atoms with van der Waals surface area (Å²) in [6.07, 6.45) is 13.2. The average Bonchev–Trinajstić information content (AvgIpc) is 3.18. The van der Waals surface area contributed by atoms with E-state index in [0.29, 0.717) is 11.3 Å². The van der Waals surface area contributed by atoms with Crippen molar-refractivity contribution in [3.05, 3.63) is 29.8 Å². The normalized spacial score (nSPS) is 41.2. The van der Waals surface area contributed by atoms with Crippen molar-refractivity contribution in [3.8, 4) is 0 Å². The average molecular weight is 517 g/mol. The molecule has 5 rings (SSSR count). The summed E-state index contributed by atoms with van der Waals surface area (Å²) in [7, 11) is -3.67. The van der Waals surface area contributed by atoms with Gasteiger partial charge in [-0.25, -0.2) is 0 Å². The van der Waals surface area contributed by atoms with E-state index in [1.54, 1.807) is 12.1 Å². The van der Waals surface area contributed by atoms with Gasteiger partial charge in [-0.3, -0.25) is 4.18 Å². The molecule has 0 bridgehead atoms. The molecule has 4 fully saturated rings. The molecule has 202 valence electrons. The van der Waals surface area contributed by atoms with Gasteiger partial charge in [0.1, 0.15) is 0 Å². The highest BCUT2D eigenvalue weighted by Gasteiger charge is 2.58. The second-order valence-corrected chi connectivity index (χ2v) is 15.2. The number of hydrogen-bond donors (Lipinski definition) is 1. The lowest BCUT2D eigenvalue weighted by atomic mass is 9.48. The molecule has 0 amide bonds. The fraction of sp³-hybridized carbons (Fsp3) is 0.806. The molecule has 9 atom stereocenters. The standard InChI is InChI=1S/C31H48O4S/c1-21-7-10-24(11-8-21)36(33,34)35-19-5-6-22(2)28-13-14-29-27-12-9-23-20-30(3,32)17-15-25(23)26(27)16-18-31(28,29)4/h7-8,10-11,22-23,25-29,32H,5-6,9,12-20H2,1-4H3/t22?,23-,25+,26-,27-,28-,29+,30-,31-/m1/s1. The van der Waals surface area contributed by atoms with Gasteiger partial charge in [-0.2, -0.15) is 8.42 Å². The molecule has 0 radical (unpaired) electrons. The van der Waals surface area contributed by atoms with Crippen LogP contribution in [0.3, 0.4) is 0 Å². The topological polar surface area (TPSA) is 63.6 Å². The highest BCUT2D eigenvalue weighted by atomic mass is 32.2. The Balaban J connectivity index is 1.15. The van der Waals surface area contributed by atoms with Crippen LogP contribution >= 0.6 is 0 Å². The molecule has 0 saturated heterocycles. The van der Waals surface area contributed by atoms with E-state index in [0.717, 1.165) is 66.8 Å². The van der Waals surface area contributed by atoms with Gasteiger partial charge in [-0.05, 0) is 143 Å². The molecular formula is C31H48O4S. The first-order valence-electron chi connectivity index (χ1n) is 14.7. The number of aryl methyl sites for hydroxylation is 1. The van der Waals surface area contributed by atoms with Gasteiger partial charge in [0, 0.05) is 0 Å². The first kappa shape index (κ1) is 26.7. The van der Waals surface area contributed by atoms with E-state index in [2.05, 4.69) is 20.8 Å². The predicted molar refractivity (Wildman–Crippen MR) is 144 cm³/mol. The van der Waals surface area contributed by atoms with Gasteiger partial charge in [0.2, 0.25) is 0 Å². The summed E-state index contributed by atoms with van der Waals surface area (Å²) in [5.74, 6) is 5.54. The largest absolute Gasteiger partial charge is 0.390 e. The summed E-state index contributed by atoms with van der Waals surface area (Å²) in [6, 6.07) is 6.89. The zero-order valence-corrected chi connectivity index (χ0v) is 23.7. The lowest BCUT2D eigenvalue weighted by Crippen LogP contribution is -2.50. The van der Waals surface area contributed by atoms with Crippen molar-refractivity contribution in [2.45, 2.75) is 109 Å². The Bertz CT molecular complexity index is 1020. The molecule has 1 unspecified atom stereocenters. The van der Waals surface area contributed by atoms with Crippen LogP contribution in [0.25, 0.3) is 0 Å². The third-order valence-electron chi connectivity index (χ3n) is 11.3. The maximum absolute atomic E-state index is 12.5. The molecule has 1 aromatic carbocycles. The van der Waals surface area contributed by atoms with E-state index in [-0.39, 0.29) is 11.5 Å². The molecule has 36 heavy (non-hydrogen) atoms. The smallest absolute Gasteiger partial charge is 0.296 e. The third-order valence-corrected chi connectivity index (χ3v) is 12.7. The van der Waals surface area contributed by atoms with Crippen molar-refractivity contribution in [3.63, 3.8) is 0 Å². The van der Waals surface area contributed by atoms with Crippen LogP contribution < -0.4 is 0 Å². The van der Waals surface area contributed by atoms with Crippen LogP contribution in [0.4, 0.5) is 0 Å². The van der Waals surface area contributed by atoms with Crippen LogP contribution in [-0.4, -0.2) is 25.7 Å². The van der Waals surface area contributed by atoms with E-state index in [9.17, 15) is 13.5 Å². The van der Waals surface area contributed by atoms with Gasteiger partial charge < -0.3 is 5.11 Å². The predicted octanol–water partition coefficient (Wildman–Crippen LogP) is 7.14. The van der Waals surface area contributed by atoms with E-state index in [4.69, 9.17) is 4.18 Å². The molecule has 4 nitrogen and oxygen atoms in total. The highest BCUT2D eigenvalue weighted by molar-refractivity contribution is 7.86. The Kier molecular flexibility index (Phi) is 7.41. The second-order valence-electron chi connectivity index (χ2n) is 13.6. The molecular weight excluding hydrogens is 468 g/mol. The van der Waals surface area contributed by atoms with Gasteiger partial charge in [-0.15, -0.1) is 0 Å². The molecule has 4 aliphatic carbocycles. The summed E-state index contributed by atoms with van der Waals surface area (Å²) >= 11 is 0. The molecule has 4 saturated carbocycles. The fourth-order valence-corrected chi connectivity index (χ4v) is 10.5. The summed E-state index contributed by atoms with van der Waals surface area (Å²) in [6.45, 7) is 9.27. The maximum Gasteiger partial charge on any atom is 0.296 e. The maximum atomic E-state index is 12.5. The Morgan fingerprint density at radius 3 is 2.44 bits per heavy atom. The van der Waals surface area contributed by atoms with Gasteiger partial charge in [-0.1, -0.05) is 31.5 Å². The molecule has 0 aromatic heterocycles. The molecule has 5 heteroatoms.